The number of ether oxygens (including phenoxy) is 1. The van der Waals surface area contributed by atoms with Gasteiger partial charge in [0.2, 0.25) is 5.91 Å². The molecule has 2 rings (SSSR count). The first-order valence-corrected chi connectivity index (χ1v) is 3.78. The van der Waals surface area contributed by atoms with Gasteiger partial charge in [0, 0.05) is 6.08 Å². The topological polar surface area (TPSA) is 29.5 Å². The number of amides is 1. The van der Waals surface area contributed by atoms with E-state index in [1.807, 2.05) is 19.9 Å². The minimum absolute atomic E-state index is 0.0671. The molecule has 0 saturated carbocycles. The third-order valence-electron chi connectivity index (χ3n) is 2.35. The van der Waals surface area contributed by atoms with Crippen molar-refractivity contribution < 1.29 is 9.53 Å². The summed E-state index contributed by atoms with van der Waals surface area (Å²) in [4.78, 5) is 13.0. The Hall–Kier alpha value is -0.830. The minimum atomic E-state index is -0.170. The van der Waals surface area contributed by atoms with Crippen LogP contribution in [0.3, 0.4) is 0 Å². The number of hydrogen-bond donors (Lipinski definition) is 0. The largest absolute Gasteiger partial charge is 0.356 e. The van der Waals surface area contributed by atoms with E-state index in [2.05, 4.69) is 0 Å². The summed E-state index contributed by atoms with van der Waals surface area (Å²) in [6.07, 6.45) is 3.47. The van der Waals surface area contributed by atoms with E-state index in [0.717, 1.165) is 0 Å². The highest BCUT2D eigenvalue weighted by Crippen LogP contribution is 2.32. The van der Waals surface area contributed by atoms with Crippen LogP contribution >= 0.6 is 0 Å². The molecule has 2 aliphatic rings. The van der Waals surface area contributed by atoms with E-state index in [0.29, 0.717) is 6.61 Å². The Morgan fingerprint density at radius 3 is 3.18 bits per heavy atom. The molecule has 1 amide bonds. The van der Waals surface area contributed by atoms with Gasteiger partial charge in [0.1, 0.15) is 6.23 Å². The lowest BCUT2D eigenvalue weighted by Gasteiger charge is -2.26. The first kappa shape index (κ1) is 6.85. The third kappa shape index (κ3) is 0.744. The molecule has 0 aromatic heterocycles. The van der Waals surface area contributed by atoms with Crippen LogP contribution < -0.4 is 0 Å². The van der Waals surface area contributed by atoms with E-state index in [9.17, 15) is 4.79 Å². The zero-order valence-corrected chi connectivity index (χ0v) is 6.70. The highest BCUT2D eigenvalue weighted by Gasteiger charge is 2.45. The van der Waals surface area contributed by atoms with Crippen LogP contribution in [0.15, 0.2) is 12.2 Å². The van der Waals surface area contributed by atoms with Crippen molar-refractivity contribution in [2.24, 2.45) is 0 Å². The Kier molecular flexibility index (Phi) is 1.16. The van der Waals surface area contributed by atoms with Crippen LogP contribution in [0.5, 0.6) is 0 Å². The van der Waals surface area contributed by atoms with E-state index in [1.165, 1.54) is 0 Å². The lowest BCUT2D eigenvalue weighted by Crippen LogP contribution is -2.43. The van der Waals surface area contributed by atoms with Crippen LogP contribution in [-0.2, 0) is 9.53 Å². The van der Waals surface area contributed by atoms with Crippen LogP contribution in [0.1, 0.15) is 13.8 Å². The highest BCUT2D eigenvalue weighted by atomic mass is 16.5. The smallest absolute Gasteiger partial charge is 0.249 e. The van der Waals surface area contributed by atoms with E-state index in [4.69, 9.17) is 4.74 Å². The summed E-state index contributed by atoms with van der Waals surface area (Å²) < 4.78 is 5.35. The Morgan fingerprint density at radius 2 is 2.55 bits per heavy atom. The number of hydrogen-bond acceptors (Lipinski definition) is 2. The molecule has 3 nitrogen and oxygen atoms in total. The molecule has 0 radical (unpaired) electrons. The predicted molar refractivity (Wildman–Crippen MR) is 39.8 cm³/mol. The normalized spacial score (nSPS) is 41.8. The monoisotopic (exact) mass is 153 g/mol. The van der Waals surface area contributed by atoms with Crippen molar-refractivity contribution in [2.75, 3.05) is 6.61 Å². The number of carbonyl (C=O) groups excluding carboxylic acids is 1. The van der Waals surface area contributed by atoms with Crippen LogP contribution in [0.4, 0.5) is 0 Å². The second-order valence-electron chi connectivity index (χ2n) is 3.31. The highest BCUT2D eigenvalue weighted by molar-refractivity contribution is 5.91. The SMILES string of the molecule is C[C@@H]1OC[C@@]2(C)C=CC(=O)N12. The molecule has 0 aromatic rings. The second-order valence-corrected chi connectivity index (χ2v) is 3.31. The van der Waals surface area contributed by atoms with Gasteiger partial charge in [-0.2, -0.15) is 0 Å². The summed E-state index contributed by atoms with van der Waals surface area (Å²) >= 11 is 0. The van der Waals surface area contributed by atoms with Gasteiger partial charge in [0.15, 0.2) is 0 Å². The Labute approximate surface area is 65.6 Å². The Balaban J connectivity index is 2.36. The number of fused-ring (bicyclic) bond motifs is 1. The molecular formula is C8H11NO2. The summed E-state index contributed by atoms with van der Waals surface area (Å²) in [5.74, 6) is 0.0671. The van der Waals surface area contributed by atoms with E-state index >= 15 is 0 Å². The van der Waals surface area contributed by atoms with Gasteiger partial charge in [0.25, 0.3) is 0 Å². The molecule has 2 aliphatic heterocycles. The molecule has 60 valence electrons. The van der Waals surface area contributed by atoms with Crippen molar-refractivity contribution in [3.05, 3.63) is 12.2 Å². The zero-order chi connectivity index (χ0) is 8.06. The molecule has 0 spiro atoms. The standard InChI is InChI=1S/C8H11NO2/c1-6-9-7(10)3-4-8(9,2)5-11-6/h3-4,6H,5H2,1-2H3/t6-,8+/m0/s1. The van der Waals surface area contributed by atoms with Crippen LogP contribution in [-0.4, -0.2) is 29.2 Å². The summed E-state index contributed by atoms with van der Waals surface area (Å²) in [6.45, 7) is 4.53. The molecule has 0 aliphatic carbocycles. The van der Waals surface area contributed by atoms with Crippen LogP contribution in [0.2, 0.25) is 0 Å². The molecule has 0 unspecified atom stereocenters. The Morgan fingerprint density at radius 1 is 1.82 bits per heavy atom. The van der Waals surface area contributed by atoms with Gasteiger partial charge in [-0.3, -0.25) is 4.79 Å². The van der Waals surface area contributed by atoms with Gasteiger partial charge in [-0.15, -0.1) is 0 Å². The summed E-state index contributed by atoms with van der Waals surface area (Å²) in [5.41, 5.74) is -0.170. The molecule has 11 heavy (non-hydrogen) atoms. The zero-order valence-electron chi connectivity index (χ0n) is 6.70. The van der Waals surface area contributed by atoms with Crippen molar-refractivity contribution in [3.63, 3.8) is 0 Å². The van der Waals surface area contributed by atoms with Crippen molar-refractivity contribution >= 4 is 5.91 Å². The van der Waals surface area contributed by atoms with Gasteiger partial charge < -0.3 is 9.64 Å². The molecule has 3 heteroatoms. The molecule has 1 saturated heterocycles. The molecule has 0 N–H and O–H groups in total. The van der Waals surface area contributed by atoms with Crippen molar-refractivity contribution in [1.82, 2.24) is 4.90 Å². The fraction of sp³-hybridized carbons (Fsp3) is 0.625. The summed E-state index contributed by atoms with van der Waals surface area (Å²) in [7, 11) is 0. The van der Waals surface area contributed by atoms with Crippen LogP contribution in [0, 0.1) is 0 Å². The second kappa shape index (κ2) is 1.85. The minimum Gasteiger partial charge on any atom is -0.356 e. The molecule has 2 atom stereocenters. The first-order chi connectivity index (χ1) is 5.13. The van der Waals surface area contributed by atoms with Crippen molar-refractivity contribution in [3.8, 4) is 0 Å². The molecule has 2 heterocycles. The van der Waals surface area contributed by atoms with E-state index in [-0.39, 0.29) is 17.7 Å². The lowest BCUT2D eigenvalue weighted by atomic mass is 10.1. The lowest BCUT2D eigenvalue weighted by molar-refractivity contribution is -0.131. The van der Waals surface area contributed by atoms with Crippen LogP contribution in [0.25, 0.3) is 0 Å². The third-order valence-corrected chi connectivity index (χ3v) is 2.35. The maximum atomic E-state index is 11.2. The fourth-order valence-corrected chi connectivity index (χ4v) is 1.74. The summed E-state index contributed by atoms with van der Waals surface area (Å²) in [6, 6.07) is 0. The average Bonchev–Trinajstić information content (AvgIpc) is 2.38. The van der Waals surface area contributed by atoms with Crippen molar-refractivity contribution in [1.29, 1.82) is 0 Å². The molecule has 1 fully saturated rings. The van der Waals surface area contributed by atoms with Crippen molar-refractivity contribution in [2.45, 2.75) is 25.6 Å². The molecule has 0 bridgehead atoms. The summed E-state index contributed by atoms with van der Waals surface area (Å²) in [5, 5.41) is 0. The molecule has 0 aromatic carbocycles. The van der Waals surface area contributed by atoms with E-state index in [1.54, 1.807) is 11.0 Å². The quantitative estimate of drug-likeness (QED) is 0.507. The maximum absolute atomic E-state index is 11.2. The predicted octanol–water partition coefficient (Wildman–Crippen LogP) is 0.520. The van der Waals surface area contributed by atoms with Gasteiger partial charge in [-0.1, -0.05) is 6.08 Å². The maximum Gasteiger partial charge on any atom is 0.249 e. The van der Waals surface area contributed by atoms with Gasteiger partial charge in [-0.05, 0) is 13.8 Å². The van der Waals surface area contributed by atoms with Gasteiger partial charge >= 0.3 is 0 Å². The van der Waals surface area contributed by atoms with Gasteiger partial charge in [0.05, 0.1) is 12.1 Å². The van der Waals surface area contributed by atoms with Gasteiger partial charge in [-0.25, -0.2) is 0 Å². The number of carbonyl (C=O) groups is 1. The number of rotatable bonds is 0. The Bertz CT molecular complexity index is 236. The molecular weight excluding hydrogens is 142 g/mol. The number of nitrogens with zero attached hydrogens (tertiary/aromatic N) is 1. The first-order valence-electron chi connectivity index (χ1n) is 3.78. The fourth-order valence-electron chi connectivity index (χ4n) is 1.74. The van der Waals surface area contributed by atoms with E-state index < -0.39 is 0 Å². The average molecular weight is 153 g/mol.